The zero-order valence-electron chi connectivity index (χ0n) is 13.0. The highest BCUT2D eigenvalue weighted by Gasteiger charge is 2.17. The third-order valence-electron chi connectivity index (χ3n) is 3.41. The maximum atomic E-state index is 12.5. The summed E-state index contributed by atoms with van der Waals surface area (Å²) >= 11 is 1.44. The minimum absolute atomic E-state index is 0.281. The highest BCUT2D eigenvalue weighted by Crippen LogP contribution is 2.32. The van der Waals surface area contributed by atoms with Gasteiger partial charge in [-0.15, -0.1) is 0 Å². The standard InChI is InChI=1S/C17H16N2O3S/c1-10-7-8-12-14(9-10)23-17(18-12)19-16(20)11-5-4-6-13(21-2)15(11)22-3/h4-9H,1-3H3,(H,18,19,20). The van der Waals surface area contributed by atoms with Crippen molar-refractivity contribution in [2.45, 2.75) is 6.92 Å². The average Bonchev–Trinajstić information content (AvgIpc) is 2.95. The van der Waals surface area contributed by atoms with Crippen molar-refractivity contribution in [3.63, 3.8) is 0 Å². The third-order valence-corrected chi connectivity index (χ3v) is 4.35. The van der Waals surface area contributed by atoms with Crippen LogP contribution >= 0.6 is 11.3 Å². The van der Waals surface area contributed by atoms with E-state index in [-0.39, 0.29) is 5.91 Å². The maximum absolute atomic E-state index is 12.5. The van der Waals surface area contributed by atoms with Crippen molar-refractivity contribution < 1.29 is 14.3 Å². The first-order valence-electron chi connectivity index (χ1n) is 7.02. The van der Waals surface area contributed by atoms with E-state index in [0.717, 1.165) is 15.8 Å². The molecule has 0 saturated carbocycles. The summed E-state index contributed by atoms with van der Waals surface area (Å²) in [5, 5.41) is 3.38. The van der Waals surface area contributed by atoms with Crippen molar-refractivity contribution >= 4 is 32.6 Å². The Labute approximate surface area is 137 Å². The smallest absolute Gasteiger partial charge is 0.261 e. The van der Waals surface area contributed by atoms with Gasteiger partial charge in [-0.25, -0.2) is 4.98 Å². The first-order valence-corrected chi connectivity index (χ1v) is 7.83. The Kier molecular flexibility index (Phi) is 4.16. The Morgan fingerprint density at radius 1 is 1.17 bits per heavy atom. The number of rotatable bonds is 4. The van der Waals surface area contributed by atoms with Gasteiger partial charge in [-0.1, -0.05) is 23.5 Å². The number of carbonyl (C=O) groups is 1. The number of ether oxygens (including phenoxy) is 2. The molecule has 3 rings (SSSR count). The van der Waals surface area contributed by atoms with Crippen LogP contribution in [-0.2, 0) is 0 Å². The second kappa shape index (κ2) is 6.26. The number of thiazole rings is 1. The van der Waals surface area contributed by atoms with Crippen LogP contribution in [0.15, 0.2) is 36.4 Å². The van der Waals surface area contributed by atoms with Crippen molar-refractivity contribution in [2.24, 2.45) is 0 Å². The monoisotopic (exact) mass is 328 g/mol. The fourth-order valence-electron chi connectivity index (χ4n) is 2.32. The van der Waals surface area contributed by atoms with E-state index in [1.807, 2.05) is 19.1 Å². The van der Waals surface area contributed by atoms with Crippen LogP contribution in [0.4, 0.5) is 5.13 Å². The number of aromatic nitrogens is 1. The third kappa shape index (κ3) is 2.98. The fourth-order valence-corrected chi connectivity index (χ4v) is 3.27. The van der Waals surface area contributed by atoms with Gasteiger partial charge in [-0.2, -0.15) is 0 Å². The Bertz CT molecular complexity index is 873. The van der Waals surface area contributed by atoms with Crippen molar-refractivity contribution in [3.8, 4) is 11.5 Å². The lowest BCUT2D eigenvalue weighted by Crippen LogP contribution is -2.13. The molecule has 3 aromatic rings. The molecule has 0 fully saturated rings. The lowest BCUT2D eigenvalue weighted by Gasteiger charge is -2.11. The molecule has 6 heteroatoms. The van der Waals surface area contributed by atoms with Crippen molar-refractivity contribution in [1.29, 1.82) is 0 Å². The molecule has 1 amide bonds. The van der Waals surface area contributed by atoms with Gasteiger partial charge in [0.25, 0.3) is 5.91 Å². The topological polar surface area (TPSA) is 60.5 Å². The predicted octanol–water partition coefficient (Wildman–Crippen LogP) is 3.87. The summed E-state index contributed by atoms with van der Waals surface area (Å²) < 4.78 is 11.6. The van der Waals surface area contributed by atoms with Gasteiger partial charge in [-0.3, -0.25) is 10.1 Å². The van der Waals surface area contributed by atoms with Crippen LogP contribution in [0.2, 0.25) is 0 Å². The van der Waals surface area contributed by atoms with E-state index in [2.05, 4.69) is 16.4 Å². The number of anilines is 1. The summed E-state index contributed by atoms with van der Waals surface area (Å²) in [4.78, 5) is 17.0. The van der Waals surface area contributed by atoms with Crippen LogP contribution in [0.1, 0.15) is 15.9 Å². The molecule has 0 spiro atoms. The molecular weight excluding hydrogens is 312 g/mol. The highest BCUT2D eigenvalue weighted by atomic mass is 32.1. The molecule has 0 aliphatic heterocycles. The van der Waals surface area contributed by atoms with Gasteiger partial charge in [0.05, 0.1) is 30.0 Å². The van der Waals surface area contributed by atoms with E-state index < -0.39 is 0 Å². The van der Waals surface area contributed by atoms with Crippen molar-refractivity contribution in [3.05, 3.63) is 47.5 Å². The molecule has 0 atom stereocenters. The van der Waals surface area contributed by atoms with Gasteiger partial charge in [0.15, 0.2) is 16.6 Å². The first-order chi connectivity index (χ1) is 11.1. The molecule has 118 valence electrons. The van der Waals surface area contributed by atoms with Gasteiger partial charge < -0.3 is 9.47 Å². The van der Waals surface area contributed by atoms with E-state index in [1.165, 1.54) is 25.6 Å². The van der Waals surface area contributed by atoms with Crippen LogP contribution in [0, 0.1) is 6.92 Å². The molecule has 1 N–H and O–H groups in total. The van der Waals surface area contributed by atoms with Crippen LogP contribution in [-0.4, -0.2) is 25.1 Å². The summed E-state index contributed by atoms with van der Waals surface area (Å²) in [5.41, 5.74) is 2.43. The molecule has 0 saturated heterocycles. The summed E-state index contributed by atoms with van der Waals surface area (Å²) in [6, 6.07) is 11.2. The Balaban J connectivity index is 1.91. The fraction of sp³-hybridized carbons (Fsp3) is 0.176. The summed E-state index contributed by atoms with van der Waals surface area (Å²) in [6.45, 7) is 2.03. The molecule has 1 aromatic heterocycles. The molecule has 0 bridgehead atoms. The van der Waals surface area contributed by atoms with E-state index >= 15 is 0 Å². The van der Waals surface area contributed by atoms with E-state index in [9.17, 15) is 4.79 Å². The maximum Gasteiger partial charge on any atom is 0.261 e. The molecule has 0 aliphatic rings. The summed E-state index contributed by atoms with van der Waals surface area (Å²) in [6.07, 6.45) is 0. The van der Waals surface area contributed by atoms with E-state index in [4.69, 9.17) is 9.47 Å². The Hall–Kier alpha value is -2.60. The average molecular weight is 328 g/mol. The number of carbonyl (C=O) groups excluding carboxylic acids is 1. The Morgan fingerprint density at radius 3 is 2.74 bits per heavy atom. The largest absolute Gasteiger partial charge is 0.493 e. The van der Waals surface area contributed by atoms with Crippen molar-refractivity contribution in [2.75, 3.05) is 19.5 Å². The number of nitrogens with one attached hydrogen (secondary N) is 1. The number of para-hydroxylation sites is 1. The number of benzene rings is 2. The number of hydrogen-bond acceptors (Lipinski definition) is 5. The molecule has 23 heavy (non-hydrogen) atoms. The van der Waals surface area contributed by atoms with Gasteiger partial charge in [0, 0.05) is 0 Å². The van der Waals surface area contributed by atoms with Gasteiger partial charge in [0.1, 0.15) is 0 Å². The molecular formula is C17H16N2O3S. The van der Waals surface area contributed by atoms with Crippen LogP contribution < -0.4 is 14.8 Å². The number of aryl methyl sites for hydroxylation is 1. The molecule has 0 aliphatic carbocycles. The second-order valence-electron chi connectivity index (χ2n) is 4.99. The molecule has 0 radical (unpaired) electrons. The first kappa shape index (κ1) is 15.3. The molecule has 0 unspecified atom stereocenters. The number of hydrogen-bond donors (Lipinski definition) is 1. The lowest BCUT2D eigenvalue weighted by molar-refractivity contribution is 0.102. The number of methoxy groups -OCH3 is 2. The zero-order valence-corrected chi connectivity index (χ0v) is 13.9. The summed E-state index contributed by atoms with van der Waals surface area (Å²) in [7, 11) is 3.05. The van der Waals surface area contributed by atoms with Crippen LogP contribution in [0.3, 0.4) is 0 Å². The second-order valence-corrected chi connectivity index (χ2v) is 6.02. The molecule has 1 heterocycles. The number of nitrogens with zero attached hydrogens (tertiary/aromatic N) is 1. The van der Waals surface area contributed by atoms with E-state index in [0.29, 0.717) is 22.2 Å². The minimum Gasteiger partial charge on any atom is -0.493 e. The molecule has 2 aromatic carbocycles. The highest BCUT2D eigenvalue weighted by molar-refractivity contribution is 7.22. The zero-order chi connectivity index (χ0) is 16.4. The molecule has 5 nitrogen and oxygen atoms in total. The normalized spacial score (nSPS) is 10.6. The Morgan fingerprint density at radius 2 is 2.00 bits per heavy atom. The predicted molar refractivity (Wildman–Crippen MR) is 91.9 cm³/mol. The van der Waals surface area contributed by atoms with Gasteiger partial charge in [0.2, 0.25) is 0 Å². The lowest BCUT2D eigenvalue weighted by atomic mass is 10.1. The minimum atomic E-state index is -0.281. The SMILES string of the molecule is COc1cccc(C(=O)Nc2nc3ccc(C)cc3s2)c1OC. The van der Waals surface area contributed by atoms with Gasteiger partial charge in [-0.05, 0) is 36.8 Å². The quantitative estimate of drug-likeness (QED) is 0.790. The number of amides is 1. The van der Waals surface area contributed by atoms with Gasteiger partial charge >= 0.3 is 0 Å². The summed E-state index contributed by atoms with van der Waals surface area (Å²) in [5.74, 6) is 0.640. The van der Waals surface area contributed by atoms with E-state index in [1.54, 1.807) is 18.2 Å². The number of fused-ring (bicyclic) bond motifs is 1. The van der Waals surface area contributed by atoms with Crippen LogP contribution in [0.5, 0.6) is 11.5 Å². The van der Waals surface area contributed by atoms with Crippen LogP contribution in [0.25, 0.3) is 10.2 Å². The van der Waals surface area contributed by atoms with Crippen molar-refractivity contribution in [1.82, 2.24) is 4.98 Å².